The Balaban J connectivity index is 1.94. The van der Waals surface area contributed by atoms with Crippen molar-refractivity contribution in [3.8, 4) is 17.0 Å². The molecule has 0 spiro atoms. The van der Waals surface area contributed by atoms with E-state index in [0.717, 1.165) is 22.3 Å². The maximum Gasteiger partial charge on any atom is 0.293 e. The lowest BCUT2D eigenvalue weighted by Gasteiger charge is -2.11. The summed E-state index contributed by atoms with van der Waals surface area (Å²) >= 11 is 0. The topological polar surface area (TPSA) is 57.0 Å². The smallest absolute Gasteiger partial charge is 0.293 e. The number of hydrogen-bond donors (Lipinski definition) is 0. The zero-order valence-corrected chi connectivity index (χ0v) is 14.3. The second-order valence-corrected chi connectivity index (χ2v) is 5.93. The summed E-state index contributed by atoms with van der Waals surface area (Å²) in [6.07, 6.45) is 1.63. The highest BCUT2D eigenvalue weighted by Gasteiger charge is 2.14. The molecule has 0 atom stereocenters. The number of aromatic nitrogens is 3. The lowest BCUT2D eigenvalue weighted by atomic mass is 10.1. The van der Waals surface area contributed by atoms with Crippen LogP contribution in [-0.4, -0.2) is 21.9 Å². The monoisotopic (exact) mass is 343 g/mol. The molecule has 2 heterocycles. The first kappa shape index (κ1) is 16.0. The van der Waals surface area contributed by atoms with Gasteiger partial charge in [0.15, 0.2) is 0 Å². The van der Waals surface area contributed by atoms with E-state index in [9.17, 15) is 4.79 Å². The Morgan fingerprint density at radius 2 is 1.85 bits per heavy atom. The standard InChI is InChI=1S/C21H17N3O2/c1-26-17-10-5-9-16(13-17)19-18-11-6-12-22-20(18)21(25)24(23-19)14-15-7-3-2-4-8-15/h2-13H,14H2,1H3. The molecule has 4 rings (SSSR count). The van der Waals surface area contributed by atoms with E-state index in [1.165, 1.54) is 4.68 Å². The van der Waals surface area contributed by atoms with Crippen molar-refractivity contribution < 1.29 is 4.74 Å². The molecule has 128 valence electrons. The van der Waals surface area contributed by atoms with Crippen LogP contribution in [0.25, 0.3) is 22.2 Å². The van der Waals surface area contributed by atoms with E-state index in [1.54, 1.807) is 13.3 Å². The maximum absolute atomic E-state index is 12.9. The third-order valence-electron chi connectivity index (χ3n) is 4.24. The van der Waals surface area contributed by atoms with Crippen LogP contribution in [0.5, 0.6) is 5.75 Å². The lowest BCUT2D eigenvalue weighted by Crippen LogP contribution is -2.25. The van der Waals surface area contributed by atoms with E-state index in [4.69, 9.17) is 4.74 Å². The van der Waals surface area contributed by atoms with E-state index in [2.05, 4.69) is 10.1 Å². The van der Waals surface area contributed by atoms with Crippen molar-refractivity contribution in [2.24, 2.45) is 0 Å². The van der Waals surface area contributed by atoms with Crippen molar-refractivity contribution >= 4 is 10.9 Å². The van der Waals surface area contributed by atoms with Gasteiger partial charge in [-0.3, -0.25) is 9.78 Å². The van der Waals surface area contributed by atoms with Gasteiger partial charge in [-0.05, 0) is 29.8 Å². The third-order valence-corrected chi connectivity index (χ3v) is 4.24. The van der Waals surface area contributed by atoms with E-state index < -0.39 is 0 Å². The summed E-state index contributed by atoms with van der Waals surface area (Å²) in [5, 5.41) is 5.38. The molecule has 26 heavy (non-hydrogen) atoms. The minimum absolute atomic E-state index is 0.198. The van der Waals surface area contributed by atoms with E-state index in [0.29, 0.717) is 17.8 Å². The predicted octanol–water partition coefficient (Wildman–Crippen LogP) is 3.52. The van der Waals surface area contributed by atoms with Crippen LogP contribution in [0.2, 0.25) is 0 Å². The fraction of sp³-hybridized carbons (Fsp3) is 0.0952. The average molecular weight is 343 g/mol. The molecule has 2 aromatic heterocycles. The number of benzene rings is 2. The van der Waals surface area contributed by atoms with Crippen molar-refractivity contribution in [2.45, 2.75) is 6.54 Å². The molecule has 0 aliphatic carbocycles. The summed E-state index contributed by atoms with van der Waals surface area (Å²) in [6, 6.07) is 21.1. The molecule has 2 aromatic carbocycles. The summed E-state index contributed by atoms with van der Waals surface area (Å²) in [6.45, 7) is 0.392. The molecule has 5 nitrogen and oxygen atoms in total. The van der Waals surface area contributed by atoms with Gasteiger partial charge in [-0.2, -0.15) is 5.10 Å². The van der Waals surface area contributed by atoms with Crippen LogP contribution in [0.4, 0.5) is 0 Å². The fourth-order valence-corrected chi connectivity index (χ4v) is 2.96. The SMILES string of the molecule is COc1cccc(-c2nn(Cc3ccccc3)c(=O)c3ncccc23)c1. The quantitative estimate of drug-likeness (QED) is 0.569. The van der Waals surface area contributed by atoms with Gasteiger partial charge in [-0.1, -0.05) is 42.5 Å². The van der Waals surface area contributed by atoms with Crippen molar-refractivity contribution in [2.75, 3.05) is 7.11 Å². The highest BCUT2D eigenvalue weighted by molar-refractivity contribution is 5.91. The molecular weight excluding hydrogens is 326 g/mol. The molecule has 0 fully saturated rings. The molecule has 0 saturated heterocycles. The van der Waals surface area contributed by atoms with Gasteiger partial charge in [0.1, 0.15) is 17.0 Å². The number of pyridine rings is 1. The van der Waals surface area contributed by atoms with Crippen LogP contribution < -0.4 is 10.3 Å². The molecule has 4 aromatic rings. The molecule has 0 aliphatic rings. The number of methoxy groups -OCH3 is 1. The molecule has 0 radical (unpaired) electrons. The number of rotatable bonds is 4. The number of ether oxygens (including phenoxy) is 1. The van der Waals surface area contributed by atoms with Gasteiger partial charge in [0.2, 0.25) is 0 Å². The summed E-state index contributed by atoms with van der Waals surface area (Å²) in [4.78, 5) is 17.2. The molecule has 0 aliphatic heterocycles. The van der Waals surface area contributed by atoms with Gasteiger partial charge in [0.05, 0.1) is 13.7 Å². The van der Waals surface area contributed by atoms with Crippen LogP contribution in [0.1, 0.15) is 5.56 Å². The maximum atomic E-state index is 12.9. The van der Waals surface area contributed by atoms with Crippen LogP contribution in [-0.2, 0) is 6.54 Å². The zero-order chi connectivity index (χ0) is 17.9. The molecule has 5 heteroatoms. The second kappa shape index (κ2) is 6.80. The Kier molecular flexibility index (Phi) is 4.19. The highest BCUT2D eigenvalue weighted by Crippen LogP contribution is 2.26. The first-order valence-corrected chi connectivity index (χ1v) is 8.30. The number of hydrogen-bond acceptors (Lipinski definition) is 4. The van der Waals surface area contributed by atoms with Gasteiger partial charge in [-0.15, -0.1) is 0 Å². The minimum atomic E-state index is -0.198. The van der Waals surface area contributed by atoms with Gasteiger partial charge in [0.25, 0.3) is 5.56 Å². The first-order chi connectivity index (χ1) is 12.8. The average Bonchev–Trinajstić information content (AvgIpc) is 2.71. The van der Waals surface area contributed by atoms with Crippen LogP contribution >= 0.6 is 0 Å². The number of nitrogens with zero attached hydrogens (tertiary/aromatic N) is 3. The normalized spacial score (nSPS) is 10.8. The second-order valence-electron chi connectivity index (χ2n) is 5.93. The third kappa shape index (κ3) is 2.95. The molecule has 0 unspecified atom stereocenters. The van der Waals surface area contributed by atoms with E-state index in [-0.39, 0.29) is 5.56 Å². The van der Waals surface area contributed by atoms with Gasteiger partial charge < -0.3 is 4.74 Å². The Bertz CT molecular complexity index is 1120. The Morgan fingerprint density at radius 3 is 2.65 bits per heavy atom. The van der Waals surface area contributed by atoms with Crippen molar-refractivity contribution in [3.63, 3.8) is 0 Å². The summed E-state index contributed by atoms with van der Waals surface area (Å²) < 4.78 is 6.80. The minimum Gasteiger partial charge on any atom is -0.497 e. The Morgan fingerprint density at radius 1 is 1.00 bits per heavy atom. The van der Waals surface area contributed by atoms with Crippen LogP contribution in [0.3, 0.4) is 0 Å². The predicted molar refractivity (Wildman–Crippen MR) is 101 cm³/mol. The molecule has 0 N–H and O–H groups in total. The van der Waals surface area contributed by atoms with Gasteiger partial charge in [-0.25, -0.2) is 4.68 Å². The van der Waals surface area contributed by atoms with Crippen molar-refractivity contribution in [1.29, 1.82) is 0 Å². The summed E-state index contributed by atoms with van der Waals surface area (Å²) in [7, 11) is 1.63. The molecule has 0 bridgehead atoms. The summed E-state index contributed by atoms with van der Waals surface area (Å²) in [5.74, 6) is 0.738. The number of fused-ring (bicyclic) bond motifs is 1. The molecular formula is C21H17N3O2. The Labute approximate surface area is 150 Å². The Hall–Kier alpha value is -3.47. The van der Waals surface area contributed by atoms with Crippen molar-refractivity contribution in [1.82, 2.24) is 14.8 Å². The van der Waals surface area contributed by atoms with Gasteiger partial charge >= 0.3 is 0 Å². The van der Waals surface area contributed by atoms with Crippen molar-refractivity contribution in [3.05, 3.63) is 88.8 Å². The first-order valence-electron chi connectivity index (χ1n) is 8.30. The highest BCUT2D eigenvalue weighted by atomic mass is 16.5. The molecule has 0 saturated carbocycles. The van der Waals surface area contributed by atoms with Crippen LogP contribution in [0, 0.1) is 0 Å². The largest absolute Gasteiger partial charge is 0.497 e. The lowest BCUT2D eigenvalue weighted by molar-refractivity contribution is 0.415. The fourth-order valence-electron chi connectivity index (χ4n) is 2.96. The summed E-state index contributed by atoms with van der Waals surface area (Å²) in [5.41, 5.74) is 2.81. The van der Waals surface area contributed by atoms with Gasteiger partial charge in [0, 0.05) is 17.1 Å². The molecule has 0 amide bonds. The van der Waals surface area contributed by atoms with E-state index in [1.807, 2.05) is 66.7 Å². The zero-order valence-electron chi connectivity index (χ0n) is 14.3. The van der Waals surface area contributed by atoms with E-state index >= 15 is 0 Å². The van der Waals surface area contributed by atoms with Crippen LogP contribution in [0.15, 0.2) is 77.7 Å².